The summed E-state index contributed by atoms with van der Waals surface area (Å²) in [7, 11) is 0. The average molecular weight is 382 g/mol. The van der Waals surface area contributed by atoms with Crippen LogP contribution in [0.4, 0.5) is 4.79 Å². The highest BCUT2D eigenvalue weighted by Crippen LogP contribution is 2.36. The Labute approximate surface area is 163 Å². The van der Waals surface area contributed by atoms with E-state index in [1.807, 2.05) is 31.2 Å². The zero-order valence-electron chi connectivity index (χ0n) is 15.9. The average Bonchev–Trinajstić information content (AvgIpc) is 2.93. The van der Waals surface area contributed by atoms with Crippen molar-refractivity contribution in [1.82, 2.24) is 10.2 Å². The molecular formula is C21H22N2O5. The first-order chi connectivity index (χ1) is 13.5. The number of urea groups is 1. The number of hydrogen-bond donors (Lipinski definition) is 1. The minimum Gasteiger partial charge on any atom is -0.491 e. The van der Waals surface area contributed by atoms with Gasteiger partial charge in [-0.1, -0.05) is 24.3 Å². The van der Waals surface area contributed by atoms with E-state index < -0.39 is 11.6 Å². The largest absolute Gasteiger partial charge is 0.491 e. The van der Waals surface area contributed by atoms with Gasteiger partial charge in [-0.2, -0.15) is 0 Å². The van der Waals surface area contributed by atoms with Crippen molar-refractivity contribution in [3.05, 3.63) is 53.6 Å². The lowest BCUT2D eigenvalue weighted by Gasteiger charge is -2.25. The third kappa shape index (κ3) is 3.13. The van der Waals surface area contributed by atoms with Crippen LogP contribution >= 0.6 is 0 Å². The number of rotatable bonds is 5. The van der Waals surface area contributed by atoms with Crippen molar-refractivity contribution in [2.24, 2.45) is 0 Å². The fourth-order valence-corrected chi connectivity index (χ4v) is 3.42. The van der Waals surface area contributed by atoms with Crippen molar-refractivity contribution >= 4 is 11.9 Å². The van der Waals surface area contributed by atoms with Crippen molar-refractivity contribution in [2.75, 3.05) is 26.4 Å². The van der Waals surface area contributed by atoms with Gasteiger partial charge < -0.3 is 19.5 Å². The van der Waals surface area contributed by atoms with Gasteiger partial charge in [0.15, 0.2) is 11.5 Å². The lowest BCUT2D eigenvalue weighted by Crippen LogP contribution is -2.41. The number of para-hydroxylation sites is 1. The predicted octanol–water partition coefficient (Wildman–Crippen LogP) is 2.61. The molecule has 0 aliphatic carbocycles. The zero-order valence-corrected chi connectivity index (χ0v) is 15.9. The minimum absolute atomic E-state index is 0.166. The molecule has 7 nitrogen and oxygen atoms in total. The fraction of sp³-hybridized carbons (Fsp3) is 0.333. The Bertz CT molecular complexity index is 929. The smallest absolute Gasteiger partial charge is 0.325 e. The van der Waals surface area contributed by atoms with Gasteiger partial charge in [-0.3, -0.25) is 9.69 Å². The van der Waals surface area contributed by atoms with Crippen LogP contribution in [0.1, 0.15) is 18.1 Å². The maximum atomic E-state index is 13.0. The van der Waals surface area contributed by atoms with Crippen LogP contribution in [0.5, 0.6) is 17.2 Å². The summed E-state index contributed by atoms with van der Waals surface area (Å²) in [5.74, 6) is 1.64. The molecule has 0 bridgehead atoms. The topological polar surface area (TPSA) is 77.1 Å². The molecule has 2 aromatic rings. The lowest BCUT2D eigenvalue weighted by molar-refractivity contribution is -0.131. The van der Waals surface area contributed by atoms with Gasteiger partial charge >= 0.3 is 6.03 Å². The number of ether oxygens (including phenoxy) is 3. The Morgan fingerprint density at radius 1 is 1.11 bits per heavy atom. The number of fused-ring (bicyclic) bond motifs is 1. The van der Waals surface area contributed by atoms with Crippen LogP contribution in [-0.4, -0.2) is 43.2 Å². The van der Waals surface area contributed by atoms with E-state index in [4.69, 9.17) is 14.2 Å². The summed E-state index contributed by atoms with van der Waals surface area (Å²) >= 11 is 0. The van der Waals surface area contributed by atoms with Gasteiger partial charge in [-0.05, 0) is 43.2 Å². The second-order valence-electron chi connectivity index (χ2n) is 6.98. The highest BCUT2D eigenvalue weighted by atomic mass is 16.6. The fourth-order valence-electron chi connectivity index (χ4n) is 3.42. The molecule has 2 aromatic carbocycles. The van der Waals surface area contributed by atoms with Crippen molar-refractivity contribution in [3.63, 3.8) is 0 Å². The number of benzene rings is 2. The van der Waals surface area contributed by atoms with Gasteiger partial charge in [-0.25, -0.2) is 4.79 Å². The van der Waals surface area contributed by atoms with Crippen LogP contribution in [0.15, 0.2) is 42.5 Å². The van der Waals surface area contributed by atoms with Gasteiger partial charge in [0, 0.05) is 0 Å². The highest BCUT2D eigenvalue weighted by Gasteiger charge is 2.49. The Hall–Kier alpha value is -3.22. The molecule has 3 amide bonds. The lowest BCUT2D eigenvalue weighted by atomic mass is 9.91. The van der Waals surface area contributed by atoms with Gasteiger partial charge in [0.25, 0.3) is 5.91 Å². The molecule has 28 heavy (non-hydrogen) atoms. The third-order valence-electron chi connectivity index (χ3n) is 5.06. The molecule has 1 saturated heterocycles. The molecule has 2 heterocycles. The first-order valence-electron chi connectivity index (χ1n) is 9.22. The van der Waals surface area contributed by atoms with E-state index >= 15 is 0 Å². The summed E-state index contributed by atoms with van der Waals surface area (Å²) < 4.78 is 16.9. The van der Waals surface area contributed by atoms with Gasteiger partial charge in [-0.15, -0.1) is 0 Å². The minimum atomic E-state index is -1.16. The molecule has 146 valence electrons. The number of carbonyl (C=O) groups excluding carboxylic acids is 2. The van der Waals surface area contributed by atoms with Crippen molar-refractivity contribution < 1.29 is 23.8 Å². The number of hydrogen-bond acceptors (Lipinski definition) is 5. The quantitative estimate of drug-likeness (QED) is 0.805. The normalized spacial score (nSPS) is 20.9. The maximum absolute atomic E-state index is 13.0. The second kappa shape index (κ2) is 7.07. The standard InChI is InChI=1S/C21H22N2O5/c1-14-5-3-4-6-16(14)26-10-9-23-19(24)21(2,22-20(23)25)15-7-8-17-18(13-15)28-12-11-27-17/h3-8,13H,9-12H2,1-2H3,(H,22,25)/t21-/m0/s1. The predicted molar refractivity (Wildman–Crippen MR) is 102 cm³/mol. The molecule has 0 saturated carbocycles. The van der Waals surface area contributed by atoms with Crippen molar-refractivity contribution in [3.8, 4) is 17.2 Å². The molecule has 2 aliphatic heterocycles. The van der Waals surface area contributed by atoms with Crippen molar-refractivity contribution in [2.45, 2.75) is 19.4 Å². The van der Waals surface area contributed by atoms with E-state index in [0.29, 0.717) is 30.3 Å². The Morgan fingerprint density at radius 2 is 1.86 bits per heavy atom. The summed E-state index contributed by atoms with van der Waals surface area (Å²) in [5, 5.41) is 2.80. The van der Waals surface area contributed by atoms with E-state index in [-0.39, 0.29) is 19.1 Å². The second-order valence-corrected chi connectivity index (χ2v) is 6.98. The Morgan fingerprint density at radius 3 is 2.64 bits per heavy atom. The van der Waals surface area contributed by atoms with Crippen LogP contribution in [0.25, 0.3) is 0 Å². The van der Waals surface area contributed by atoms with Gasteiger partial charge in [0.2, 0.25) is 0 Å². The van der Waals surface area contributed by atoms with E-state index in [2.05, 4.69) is 5.32 Å². The zero-order chi connectivity index (χ0) is 19.7. The molecule has 4 rings (SSSR count). The molecule has 0 radical (unpaired) electrons. The summed E-state index contributed by atoms with van der Waals surface area (Å²) in [6.45, 7) is 4.98. The molecule has 0 unspecified atom stereocenters. The molecule has 0 aromatic heterocycles. The van der Waals surface area contributed by atoms with Crippen molar-refractivity contribution in [1.29, 1.82) is 0 Å². The number of amides is 3. The SMILES string of the molecule is Cc1ccccc1OCCN1C(=O)N[C@@](C)(c2ccc3c(c2)OCCO3)C1=O. The number of aryl methyl sites for hydroxylation is 1. The summed E-state index contributed by atoms with van der Waals surface area (Å²) in [6.07, 6.45) is 0. The molecule has 2 aliphatic rings. The molecule has 1 fully saturated rings. The van der Waals surface area contributed by atoms with Gasteiger partial charge in [0.05, 0.1) is 6.54 Å². The van der Waals surface area contributed by atoms with Crippen LogP contribution < -0.4 is 19.5 Å². The van der Waals surface area contributed by atoms with E-state index in [0.717, 1.165) is 11.3 Å². The third-order valence-corrected chi connectivity index (χ3v) is 5.06. The highest BCUT2D eigenvalue weighted by molar-refractivity contribution is 6.07. The van der Waals surface area contributed by atoms with Crippen LogP contribution in [0.3, 0.4) is 0 Å². The maximum Gasteiger partial charge on any atom is 0.325 e. The molecule has 1 atom stereocenters. The first-order valence-corrected chi connectivity index (χ1v) is 9.22. The molecular weight excluding hydrogens is 360 g/mol. The molecule has 7 heteroatoms. The van der Waals surface area contributed by atoms with Crippen LogP contribution in [-0.2, 0) is 10.3 Å². The van der Waals surface area contributed by atoms with E-state index in [1.165, 1.54) is 4.90 Å². The number of nitrogens with zero attached hydrogens (tertiary/aromatic N) is 1. The summed E-state index contributed by atoms with van der Waals surface area (Å²) in [4.78, 5) is 26.7. The number of imide groups is 1. The summed E-state index contributed by atoms with van der Waals surface area (Å²) in [6, 6.07) is 12.5. The van der Waals surface area contributed by atoms with Crippen LogP contribution in [0.2, 0.25) is 0 Å². The summed E-state index contributed by atoms with van der Waals surface area (Å²) in [5.41, 5.74) is 0.494. The number of nitrogens with one attached hydrogen (secondary N) is 1. The Kier molecular flexibility index (Phi) is 4.58. The van der Waals surface area contributed by atoms with Crippen LogP contribution in [0, 0.1) is 6.92 Å². The monoisotopic (exact) mass is 382 g/mol. The van der Waals surface area contributed by atoms with Gasteiger partial charge in [0.1, 0.15) is 31.1 Å². The van der Waals surface area contributed by atoms with E-state index in [9.17, 15) is 9.59 Å². The van der Waals surface area contributed by atoms with E-state index in [1.54, 1.807) is 25.1 Å². The number of carbonyl (C=O) groups is 2. The molecule has 1 N–H and O–H groups in total. The molecule has 0 spiro atoms. The Balaban J connectivity index is 1.48. The first kappa shape index (κ1) is 18.2.